The van der Waals surface area contributed by atoms with Gasteiger partial charge in [0.05, 0.1) is 11.1 Å². The smallest absolute Gasteiger partial charge is 0.299 e. The summed E-state index contributed by atoms with van der Waals surface area (Å²) in [4.78, 5) is 39.9. The summed E-state index contributed by atoms with van der Waals surface area (Å²) >= 11 is 0. The number of para-hydroxylation sites is 1. The van der Waals surface area contributed by atoms with E-state index >= 15 is 0 Å². The Balaban J connectivity index is 1.88. The van der Waals surface area contributed by atoms with E-state index in [2.05, 4.69) is 10.4 Å². The van der Waals surface area contributed by atoms with E-state index in [1.807, 2.05) is 0 Å². The second kappa shape index (κ2) is 4.71. The molecule has 2 heterocycles. The van der Waals surface area contributed by atoms with Crippen LogP contribution in [-0.4, -0.2) is 32.8 Å². The molecule has 1 aromatic carbocycles. The number of phenolic OH excluding ortho intramolecular Hbond substituents is 1. The second-order valence-electron chi connectivity index (χ2n) is 4.30. The standard InChI is InChI=1S/C14H9N3O4/c18-10-6-2-1-4-8(10)12(19)16-17-13(20)9-5-3-7-15-11(9)14(17)21/h1-7,18H,(H,16,19). The van der Waals surface area contributed by atoms with E-state index in [1.54, 1.807) is 12.1 Å². The molecule has 7 heteroatoms. The number of aromatic hydroxyl groups is 1. The van der Waals surface area contributed by atoms with Crippen molar-refractivity contribution in [3.63, 3.8) is 0 Å². The molecule has 1 aromatic heterocycles. The van der Waals surface area contributed by atoms with E-state index in [9.17, 15) is 19.5 Å². The molecule has 0 bridgehead atoms. The van der Waals surface area contributed by atoms with Gasteiger partial charge in [0.25, 0.3) is 17.7 Å². The van der Waals surface area contributed by atoms with E-state index in [1.165, 1.54) is 30.5 Å². The molecular formula is C14H9N3O4. The van der Waals surface area contributed by atoms with E-state index in [-0.39, 0.29) is 22.6 Å². The summed E-state index contributed by atoms with van der Waals surface area (Å²) in [5.41, 5.74) is 2.25. The lowest BCUT2D eigenvalue weighted by Gasteiger charge is -2.15. The number of pyridine rings is 1. The number of hydrazine groups is 1. The molecule has 1 aliphatic rings. The molecule has 0 spiro atoms. The van der Waals surface area contributed by atoms with Crippen molar-refractivity contribution in [1.82, 2.24) is 15.4 Å². The number of carbonyl (C=O) groups is 3. The minimum Gasteiger partial charge on any atom is -0.507 e. The molecule has 7 nitrogen and oxygen atoms in total. The number of phenols is 1. The van der Waals surface area contributed by atoms with Crippen LogP contribution in [0.5, 0.6) is 5.75 Å². The average Bonchev–Trinajstić information content (AvgIpc) is 2.73. The summed E-state index contributed by atoms with van der Waals surface area (Å²) < 4.78 is 0. The topological polar surface area (TPSA) is 99.6 Å². The summed E-state index contributed by atoms with van der Waals surface area (Å²) in [6, 6.07) is 8.80. The molecule has 1 aliphatic heterocycles. The second-order valence-corrected chi connectivity index (χ2v) is 4.30. The molecule has 3 rings (SSSR count). The molecule has 0 saturated heterocycles. The lowest BCUT2D eigenvalue weighted by atomic mass is 10.2. The third-order valence-electron chi connectivity index (χ3n) is 3.01. The molecule has 104 valence electrons. The summed E-state index contributed by atoms with van der Waals surface area (Å²) in [7, 11) is 0. The van der Waals surface area contributed by atoms with Gasteiger partial charge in [0, 0.05) is 6.20 Å². The summed E-state index contributed by atoms with van der Waals surface area (Å²) in [5, 5.41) is 10.2. The largest absolute Gasteiger partial charge is 0.507 e. The predicted octanol–water partition coefficient (Wildman–Crippen LogP) is 0.728. The highest BCUT2D eigenvalue weighted by Gasteiger charge is 2.38. The maximum absolute atomic E-state index is 12.0. The molecule has 2 aromatic rings. The van der Waals surface area contributed by atoms with Gasteiger partial charge in [-0.15, -0.1) is 0 Å². The van der Waals surface area contributed by atoms with Gasteiger partial charge in [-0.05, 0) is 24.3 Å². The number of imide groups is 1. The first-order chi connectivity index (χ1) is 10.1. The highest BCUT2D eigenvalue weighted by Crippen LogP contribution is 2.20. The fraction of sp³-hybridized carbons (Fsp3) is 0. The van der Waals surface area contributed by atoms with E-state index in [0.29, 0.717) is 5.01 Å². The Morgan fingerprint density at radius 3 is 2.57 bits per heavy atom. The van der Waals surface area contributed by atoms with Crippen LogP contribution in [-0.2, 0) is 0 Å². The zero-order valence-electron chi connectivity index (χ0n) is 10.6. The molecule has 3 amide bonds. The Morgan fingerprint density at radius 2 is 1.86 bits per heavy atom. The van der Waals surface area contributed by atoms with Gasteiger partial charge in [0.15, 0.2) is 0 Å². The van der Waals surface area contributed by atoms with Crippen LogP contribution < -0.4 is 5.43 Å². The molecule has 0 saturated carbocycles. The van der Waals surface area contributed by atoms with Crippen LogP contribution in [0.15, 0.2) is 42.6 Å². The van der Waals surface area contributed by atoms with Crippen LogP contribution in [0.25, 0.3) is 0 Å². The van der Waals surface area contributed by atoms with Gasteiger partial charge in [0.2, 0.25) is 0 Å². The molecule has 0 radical (unpaired) electrons. The number of nitrogens with zero attached hydrogens (tertiary/aromatic N) is 2. The van der Waals surface area contributed by atoms with Crippen LogP contribution in [0.1, 0.15) is 31.2 Å². The van der Waals surface area contributed by atoms with Gasteiger partial charge in [-0.3, -0.25) is 24.8 Å². The Bertz CT molecular complexity index is 737. The van der Waals surface area contributed by atoms with Crippen LogP contribution >= 0.6 is 0 Å². The van der Waals surface area contributed by atoms with Crippen molar-refractivity contribution in [3.05, 3.63) is 59.4 Å². The molecule has 21 heavy (non-hydrogen) atoms. The van der Waals surface area contributed by atoms with Crippen molar-refractivity contribution in [2.24, 2.45) is 0 Å². The van der Waals surface area contributed by atoms with Crippen molar-refractivity contribution >= 4 is 17.7 Å². The SMILES string of the molecule is O=C(NN1C(=O)c2cccnc2C1=O)c1ccccc1O. The zero-order chi connectivity index (χ0) is 15.0. The monoisotopic (exact) mass is 283 g/mol. The summed E-state index contributed by atoms with van der Waals surface area (Å²) in [6.45, 7) is 0. The number of nitrogens with one attached hydrogen (secondary N) is 1. The fourth-order valence-corrected chi connectivity index (χ4v) is 2.00. The summed E-state index contributed by atoms with van der Waals surface area (Å²) in [6.07, 6.45) is 1.39. The van der Waals surface area contributed by atoms with Crippen LogP contribution in [0.3, 0.4) is 0 Å². The van der Waals surface area contributed by atoms with Crippen molar-refractivity contribution in [3.8, 4) is 5.75 Å². The first-order valence-corrected chi connectivity index (χ1v) is 6.02. The maximum atomic E-state index is 12.0. The molecule has 0 atom stereocenters. The van der Waals surface area contributed by atoms with E-state index in [4.69, 9.17) is 0 Å². The minimum atomic E-state index is -0.761. The number of hydrogen-bond acceptors (Lipinski definition) is 5. The number of benzene rings is 1. The molecule has 0 aliphatic carbocycles. The number of carbonyl (C=O) groups excluding carboxylic acids is 3. The Hall–Kier alpha value is -3.22. The molecule has 2 N–H and O–H groups in total. The quantitative estimate of drug-likeness (QED) is 0.791. The lowest BCUT2D eigenvalue weighted by molar-refractivity contribution is 0.0515. The molecular weight excluding hydrogens is 274 g/mol. The normalized spacial score (nSPS) is 13.2. The number of rotatable bonds is 2. The maximum Gasteiger partial charge on any atom is 0.299 e. The lowest BCUT2D eigenvalue weighted by Crippen LogP contribution is -2.45. The molecule has 0 fully saturated rings. The Labute approximate surface area is 118 Å². The van der Waals surface area contributed by atoms with E-state index < -0.39 is 17.7 Å². The molecule has 0 unspecified atom stereocenters. The summed E-state index contributed by atoms with van der Waals surface area (Å²) in [5.74, 6) is -2.38. The van der Waals surface area contributed by atoms with Crippen molar-refractivity contribution in [2.75, 3.05) is 0 Å². The van der Waals surface area contributed by atoms with Crippen molar-refractivity contribution < 1.29 is 19.5 Å². The van der Waals surface area contributed by atoms with Gasteiger partial charge in [-0.2, -0.15) is 5.01 Å². The number of hydrogen-bond donors (Lipinski definition) is 2. The Kier molecular flexibility index (Phi) is 2.87. The van der Waals surface area contributed by atoms with Gasteiger partial charge in [-0.25, -0.2) is 0 Å². The van der Waals surface area contributed by atoms with Gasteiger partial charge in [0.1, 0.15) is 11.4 Å². The first kappa shape index (κ1) is 12.8. The average molecular weight is 283 g/mol. The van der Waals surface area contributed by atoms with Crippen molar-refractivity contribution in [2.45, 2.75) is 0 Å². The Morgan fingerprint density at radius 1 is 1.10 bits per heavy atom. The van der Waals surface area contributed by atoms with Crippen molar-refractivity contribution in [1.29, 1.82) is 0 Å². The van der Waals surface area contributed by atoms with Gasteiger partial charge in [-0.1, -0.05) is 12.1 Å². The first-order valence-electron chi connectivity index (χ1n) is 6.02. The van der Waals surface area contributed by atoms with Gasteiger partial charge < -0.3 is 5.11 Å². The van der Waals surface area contributed by atoms with Crippen LogP contribution in [0, 0.1) is 0 Å². The predicted molar refractivity (Wildman–Crippen MR) is 70.3 cm³/mol. The third-order valence-corrected chi connectivity index (χ3v) is 3.01. The third kappa shape index (κ3) is 2.00. The zero-order valence-corrected chi connectivity index (χ0v) is 10.6. The highest BCUT2D eigenvalue weighted by atomic mass is 16.3. The van der Waals surface area contributed by atoms with E-state index in [0.717, 1.165) is 0 Å². The minimum absolute atomic E-state index is 0.0138. The number of aromatic nitrogens is 1. The van der Waals surface area contributed by atoms with Crippen LogP contribution in [0.2, 0.25) is 0 Å². The van der Waals surface area contributed by atoms with Crippen LogP contribution in [0.4, 0.5) is 0 Å². The number of fused-ring (bicyclic) bond motifs is 1. The number of amides is 3. The fourth-order valence-electron chi connectivity index (χ4n) is 2.00. The highest BCUT2D eigenvalue weighted by molar-refractivity contribution is 6.21. The van der Waals surface area contributed by atoms with Gasteiger partial charge >= 0.3 is 0 Å².